The van der Waals surface area contributed by atoms with E-state index in [1.54, 1.807) is 18.6 Å². The van der Waals surface area contributed by atoms with Crippen molar-refractivity contribution in [2.75, 3.05) is 7.11 Å². The van der Waals surface area contributed by atoms with Crippen LogP contribution in [0.1, 0.15) is 26.3 Å². The molecule has 0 saturated heterocycles. The van der Waals surface area contributed by atoms with E-state index in [0.29, 0.717) is 0 Å². The summed E-state index contributed by atoms with van der Waals surface area (Å²) in [6.45, 7) is 5.53. The van der Waals surface area contributed by atoms with Gasteiger partial charge in [-0.2, -0.15) is 5.10 Å². The number of nitrogens with one attached hydrogen (secondary N) is 2. The number of benzene rings is 1. The van der Waals surface area contributed by atoms with Gasteiger partial charge in [0.2, 0.25) is 0 Å². The molecule has 142 valence electrons. The molecule has 1 unspecified atom stereocenters. The predicted molar refractivity (Wildman–Crippen MR) is 104 cm³/mol. The van der Waals surface area contributed by atoms with Crippen molar-refractivity contribution in [1.29, 1.82) is 0 Å². The molecule has 1 heterocycles. The van der Waals surface area contributed by atoms with Gasteiger partial charge in [0.1, 0.15) is 6.04 Å². The summed E-state index contributed by atoms with van der Waals surface area (Å²) in [5.74, 6) is -0.419. The van der Waals surface area contributed by atoms with Gasteiger partial charge in [0.05, 0.1) is 13.3 Å². The summed E-state index contributed by atoms with van der Waals surface area (Å²) in [6, 6.07) is 10.8. The molecule has 7 heteroatoms. The monoisotopic (exact) mass is 368 g/mol. The Labute approximate surface area is 158 Å². The third-order valence-electron chi connectivity index (χ3n) is 3.89. The zero-order chi connectivity index (χ0) is 19.9. The van der Waals surface area contributed by atoms with Crippen molar-refractivity contribution in [3.63, 3.8) is 0 Å². The summed E-state index contributed by atoms with van der Waals surface area (Å²) in [6.07, 6.45) is 4.37. The minimum Gasteiger partial charge on any atom is -0.453 e. The fourth-order valence-electron chi connectivity index (χ4n) is 2.39. The SMILES string of the molecule is COC(=O)NC(C(=O)N/N=C\c1ccc(-c2ccncc2)cc1)C(C)(C)C. The average Bonchev–Trinajstić information content (AvgIpc) is 2.66. The molecule has 7 nitrogen and oxygen atoms in total. The lowest BCUT2D eigenvalue weighted by Crippen LogP contribution is -2.52. The van der Waals surface area contributed by atoms with Crippen LogP contribution >= 0.6 is 0 Å². The second-order valence-electron chi connectivity index (χ2n) is 7.03. The van der Waals surface area contributed by atoms with Crippen LogP contribution in [0, 0.1) is 5.41 Å². The number of carbonyl (C=O) groups is 2. The van der Waals surface area contributed by atoms with Crippen LogP contribution in [0.5, 0.6) is 0 Å². The number of aromatic nitrogens is 1. The number of pyridine rings is 1. The predicted octanol–water partition coefficient (Wildman–Crippen LogP) is 2.97. The molecule has 0 spiro atoms. The molecule has 0 aliphatic carbocycles. The fraction of sp³-hybridized carbons (Fsp3) is 0.300. The molecule has 0 aliphatic rings. The van der Waals surface area contributed by atoms with Crippen molar-refractivity contribution in [1.82, 2.24) is 15.7 Å². The average molecular weight is 368 g/mol. The minimum absolute atomic E-state index is 0.419. The summed E-state index contributed by atoms with van der Waals surface area (Å²) < 4.78 is 4.58. The van der Waals surface area contributed by atoms with E-state index in [-0.39, 0.29) is 0 Å². The zero-order valence-corrected chi connectivity index (χ0v) is 15.9. The van der Waals surface area contributed by atoms with E-state index in [4.69, 9.17) is 0 Å². The normalized spacial score (nSPS) is 12.4. The fourth-order valence-corrected chi connectivity index (χ4v) is 2.39. The van der Waals surface area contributed by atoms with Crippen LogP contribution in [0.25, 0.3) is 11.1 Å². The molecule has 0 bridgehead atoms. The first-order valence-electron chi connectivity index (χ1n) is 8.49. The summed E-state index contributed by atoms with van der Waals surface area (Å²) in [4.78, 5) is 27.8. The molecule has 2 aromatic rings. The van der Waals surface area contributed by atoms with Gasteiger partial charge in [-0.3, -0.25) is 9.78 Å². The highest BCUT2D eigenvalue weighted by Gasteiger charge is 2.33. The van der Waals surface area contributed by atoms with Crippen LogP contribution in [0.3, 0.4) is 0 Å². The van der Waals surface area contributed by atoms with Crippen molar-refractivity contribution in [3.8, 4) is 11.1 Å². The molecular formula is C20H24N4O3. The summed E-state index contributed by atoms with van der Waals surface area (Å²) in [5.41, 5.74) is 4.94. The van der Waals surface area contributed by atoms with Crippen LogP contribution in [0.4, 0.5) is 4.79 Å². The van der Waals surface area contributed by atoms with E-state index in [1.165, 1.54) is 7.11 Å². The van der Waals surface area contributed by atoms with Crippen LogP contribution < -0.4 is 10.7 Å². The van der Waals surface area contributed by atoms with E-state index in [2.05, 4.69) is 25.6 Å². The third-order valence-corrected chi connectivity index (χ3v) is 3.89. The van der Waals surface area contributed by atoms with Crippen LogP contribution in [-0.4, -0.2) is 36.4 Å². The number of rotatable bonds is 5. The molecule has 0 aliphatic heterocycles. The van der Waals surface area contributed by atoms with Gasteiger partial charge in [0, 0.05) is 12.4 Å². The lowest BCUT2D eigenvalue weighted by Gasteiger charge is -2.28. The van der Waals surface area contributed by atoms with Crippen molar-refractivity contribution in [2.24, 2.45) is 10.5 Å². The van der Waals surface area contributed by atoms with Gasteiger partial charge >= 0.3 is 6.09 Å². The Morgan fingerprint density at radius 2 is 1.67 bits per heavy atom. The smallest absolute Gasteiger partial charge is 0.407 e. The maximum Gasteiger partial charge on any atom is 0.407 e. The van der Waals surface area contributed by atoms with Crippen LogP contribution in [0.15, 0.2) is 53.9 Å². The number of hydrogen-bond acceptors (Lipinski definition) is 5. The summed E-state index contributed by atoms with van der Waals surface area (Å²) in [5, 5.41) is 6.51. The van der Waals surface area contributed by atoms with E-state index < -0.39 is 23.5 Å². The van der Waals surface area contributed by atoms with E-state index in [9.17, 15) is 9.59 Å². The van der Waals surface area contributed by atoms with E-state index >= 15 is 0 Å². The van der Waals surface area contributed by atoms with Gasteiger partial charge in [-0.1, -0.05) is 45.0 Å². The Hall–Kier alpha value is -3.22. The number of nitrogens with zero attached hydrogens (tertiary/aromatic N) is 2. The van der Waals surface area contributed by atoms with Gasteiger partial charge in [-0.25, -0.2) is 10.2 Å². The van der Waals surface area contributed by atoms with Crippen molar-refractivity contribution in [2.45, 2.75) is 26.8 Å². The van der Waals surface area contributed by atoms with Gasteiger partial charge < -0.3 is 10.1 Å². The molecule has 1 aromatic heterocycles. The number of carbonyl (C=O) groups excluding carboxylic acids is 2. The first-order chi connectivity index (χ1) is 12.8. The molecule has 0 radical (unpaired) electrons. The quantitative estimate of drug-likeness (QED) is 0.627. The first-order valence-corrected chi connectivity index (χ1v) is 8.49. The standard InChI is InChI=1S/C20H24N4O3/c1-20(2,3)17(23-19(26)27-4)18(25)24-22-13-14-5-7-15(8-6-14)16-9-11-21-12-10-16/h5-13,17H,1-4H3,(H,23,26)(H,24,25)/b22-13-. The lowest BCUT2D eigenvalue weighted by molar-refractivity contribution is -0.125. The van der Waals surface area contributed by atoms with Gasteiger partial charge in [0.15, 0.2) is 0 Å². The highest BCUT2D eigenvalue weighted by atomic mass is 16.5. The number of ether oxygens (including phenoxy) is 1. The van der Waals surface area contributed by atoms with Crippen molar-refractivity contribution < 1.29 is 14.3 Å². The molecule has 1 aromatic carbocycles. The number of hydrazone groups is 1. The molecule has 27 heavy (non-hydrogen) atoms. The van der Waals surface area contributed by atoms with E-state index in [1.807, 2.05) is 57.2 Å². The first kappa shape index (κ1) is 20.1. The van der Waals surface area contributed by atoms with Gasteiger partial charge in [0.25, 0.3) is 5.91 Å². The molecule has 2 N–H and O–H groups in total. The van der Waals surface area contributed by atoms with Gasteiger partial charge in [-0.05, 0) is 34.2 Å². The topological polar surface area (TPSA) is 92.7 Å². The summed E-state index contributed by atoms with van der Waals surface area (Å²) >= 11 is 0. The second kappa shape index (κ2) is 8.93. The molecule has 0 saturated carbocycles. The largest absolute Gasteiger partial charge is 0.453 e. The van der Waals surface area contributed by atoms with Crippen molar-refractivity contribution >= 4 is 18.2 Å². The van der Waals surface area contributed by atoms with Crippen molar-refractivity contribution in [3.05, 3.63) is 54.4 Å². The second-order valence-corrected chi connectivity index (χ2v) is 7.03. The van der Waals surface area contributed by atoms with Crippen LogP contribution in [-0.2, 0) is 9.53 Å². The number of hydrogen-bond donors (Lipinski definition) is 2. The molecule has 2 amide bonds. The van der Waals surface area contributed by atoms with E-state index in [0.717, 1.165) is 16.7 Å². The Kier molecular flexibility index (Phi) is 6.65. The molecule has 1 atom stereocenters. The summed E-state index contributed by atoms with van der Waals surface area (Å²) in [7, 11) is 1.25. The minimum atomic E-state index is -0.781. The number of methoxy groups -OCH3 is 1. The molecular weight excluding hydrogens is 344 g/mol. The lowest BCUT2D eigenvalue weighted by atomic mass is 9.86. The Morgan fingerprint density at radius 3 is 2.22 bits per heavy atom. The molecule has 0 fully saturated rings. The maximum absolute atomic E-state index is 12.4. The molecule has 2 rings (SSSR count). The zero-order valence-electron chi connectivity index (χ0n) is 15.9. The van der Waals surface area contributed by atoms with Gasteiger partial charge in [-0.15, -0.1) is 0 Å². The third kappa shape index (κ3) is 5.91. The van der Waals surface area contributed by atoms with Crippen LogP contribution in [0.2, 0.25) is 0 Å². The number of amides is 2. The highest BCUT2D eigenvalue weighted by molar-refractivity contribution is 5.88. The highest BCUT2D eigenvalue weighted by Crippen LogP contribution is 2.20. The Morgan fingerprint density at radius 1 is 1.07 bits per heavy atom. The maximum atomic E-state index is 12.4. The Bertz CT molecular complexity index is 796. The Balaban J connectivity index is 2.00. The number of alkyl carbamates (subject to hydrolysis) is 1.